The Morgan fingerprint density at radius 2 is 2.00 bits per heavy atom. The smallest absolute Gasteiger partial charge is 0.227 e. The predicted molar refractivity (Wildman–Crippen MR) is 77.6 cm³/mol. The van der Waals surface area contributed by atoms with Crippen LogP contribution in [0.25, 0.3) is 0 Å². The molecule has 2 rings (SSSR count). The number of nitrogens with one attached hydrogen (secondary N) is 1. The molecule has 1 aromatic rings. The Bertz CT molecular complexity index is 446. The maximum absolute atomic E-state index is 12.4. The van der Waals surface area contributed by atoms with Crippen molar-refractivity contribution < 1.29 is 4.79 Å². The Kier molecular flexibility index (Phi) is 3.95. The number of carbonyl (C=O) groups excluding carboxylic acids is 1. The van der Waals surface area contributed by atoms with Gasteiger partial charge in [-0.25, -0.2) is 0 Å². The molecule has 0 bridgehead atoms. The normalized spacial score (nSPS) is 27.5. The topological polar surface area (TPSA) is 55.1 Å². The zero-order valence-corrected chi connectivity index (χ0v) is 12.1. The van der Waals surface area contributed by atoms with Crippen molar-refractivity contribution in [2.24, 2.45) is 17.1 Å². The minimum Gasteiger partial charge on any atom is -0.349 e. The molecule has 0 radical (unpaired) electrons. The minimum atomic E-state index is -0.321. The highest BCUT2D eigenvalue weighted by atomic mass is 16.2. The van der Waals surface area contributed by atoms with Gasteiger partial charge in [0.25, 0.3) is 0 Å². The lowest BCUT2D eigenvalue weighted by atomic mass is 9.62. The Balaban J connectivity index is 2.00. The number of carbonyl (C=O) groups is 1. The van der Waals surface area contributed by atoms with Gasteiger partial charge in [-0.3, -0.25) is 4.79 Å². The third-order valence-electron chi connectivity index (χ3n) is 4.28. The molecule has 0 saturated heterocycles. The van der Waals surface area contributed by atoms with E-state index in [9.17, 15) is 4.79 Å². The molecular formula is C16H24N2O. The number of hydrogen-bond donors (Lipinski definition) is 2. The van der Waals surface area contributed by atoms with Gasteiger partial charge in [-0.1, -0.05) is 36.8 Å². The quantitative estimate of drug-likeness (QED) is 0.874. The summed E-state index contributed by atoms with van der Waals surface area (Å²) < 4.78 is 0. The fourth-order valence-electron chi connectivity index (χ4n) is 3.01. The van der Waals surface area contributed by atoms with Crippen LogP contribution in [-0.2, 0) is 4.79 Å². The first kappa shape index (κ1) is 14.1. The summed E-state index contributed by atoms with van der Waals surface area (Å²) in [4.78, 5) is 12.4. The zero-order chi connectivity index (χ0) is 14.0. The maximum atomic E-state index is 12.4. The molecule has 3 nitrogen and oxygen atoms in total. The molecule has 1 fully saturated rings. The first-order valence-corrected chi connectivity index (χ1v) is 7.04. The van der Waals surface area contributed by atoms with Crippen molar-refractivity contribution in [1.29, 1.82) is 0 Å². The summed E-state index contributed by atoms with van der Waals surface area (Å²) in [5, 5.41) is 3.11. The van der Waals surface area contributed by atoms with Crippen molar-refractivity contribution in [3.63, 3.8) is 0 Å². The Morgan fingerprint density at radius 1 is 1.42 bits per heavy atom. The molecule has 1 unspecified atom stereocenters. The molecule has 1 aliphatic rings. The highest BCUT2D eigenvalue weighted by Gasteiger charge is 2.47. The van der Waals surface area contributed by atoms with Crippen LogP contribution in [0.15, 0.2) is 24.3 Å². The number of aryl methyl sites for hydroxylation is 1. The highest BCUT2D eigenvalue weighted by Crippen LogP contribution is 2.45. The summed E-state index contributed by atoms with van der Waals surface area (Å²) in [5.74, 6) is 0.727. The molecule has 104 valence electrons. The standard InChI is InChI=1S/C16H24N2O/c1-11-4-6-14(7-5-11)13(3)18-15(19)16(10-17)8-12(2)9-16/h4-7,12-13H,8-10,17H2,1-3H3,(H,18,19). The van der Waals surface area contributed by atoms with Crippen LogP contribution in [-0.4, -0.2) is 12.5 Å². The van der Waals surface area contributed by atoms with E-state index in [1.807, 2.05) is 6.92 Å². The number of nitrogens with two attached hydrogens (primary N) is 1. The predicted octanol–water partition coefficient (Wildman–Crippen LogP) is 2.55. The highest BCUT2D eigenvalue weighted by molar-refractivity contribution is 5.84. The summed E-state index contributed by atoms with van der Waals surface area (Å²) in [7, 11) is 0. The molecule has 0 aromatic heterocycles. The monoisotopic (exact) mass is 260 g/mol. The van der Waals surface area contributed by atoms with Crippen LogP contribution in [0.2, 0.25) is 0 Å². The van der Waals surface area contributed by atoms with Crippen LogP contribution >= 0.6 is 0 Å². The molecule has 3 heteroatoms. The van der Waals surface area contributed by atoms with Gasteiger partial charge in [-0.15, -0.1) is 0 Å². The fourth-order valence-corrected chi connectivity index (χ4v) is 3.01. The lowest BCUT2D eigenvalue weighted by Crippen LogP contribution is -2.53. The van der Waals surface area contributed by atoms with Gasteiger partial charge in [0.2, 0.25) is 5.91 Å². The summed E-state index contributed by atoms with van der Waals surface area (Å²) in [5.41, 5.74) is 7.85. The van der Waals surface area contributed by atoms with E-state index < -0.39 is 0 Å². The van der Waals surface area contributed by atoms with E-state index in [1.165, 1.54) is 5.56 Å². The van der Waals surface area contributed by atoms with E-state index in [0.717, 1.165) is 18.4 Å². The summed E-state index contributed by atoms with van der Waals surface area (Å²) in [6.45, 7) is 6.70. The number of benzene rings is 1. The van der Waals surface area contributed by atoms with Gasteiger partial charge in [-0.2, -0.15) is 0 Å². The van der Waals surface area contributed by atoms with Gasteiger partial charge in [0.1, 0.15) is 0 Å². The van der Waals surface area contributed by atoms with E-state index >= 15 is 0 Å². The zero-order valence-electron chi connectivity index (χ0n) is 12.1. The second kappa shape index (κ2) is 5.33. The molecule has 19 heavy (non-hydrogen) atoms. The molecule has 0 aliphatic heterocycles. The second-order valence-electron chi connectivity index (χ2n) is 6.10. The summed E-state index contributed by atoms with van der Waals surface area (Å²) in [6, 6.07) is 8.31. The minimum absolute atomic E-state index is 0.0347. The van der Waals surface area contributed by atoms with Gasteiger partial charge < -0.3 is 11.1 Å². The average Bonchev–Trinajstić information content (AvgIpc) is 2.35. The van der Waals surface area contributed by atoms with Crippen LogP contribution in [0.1, 0.15) is 43.9 Å². The Hall–Kier alpha value is -1.35. The average molecular weight is 260 g/mol. The van der Waals surface area contributed by atoms with Gasteiger partial charge in [-0.05, 0) is 38.2 Å². The van der Waals surface area contributed by atoms with Crippen LogP contribution in [0.4, 0.5) is 0 Å². The van der Waals surface area contributed by atoms with Crippen molar-refractivity contribution in [2.75, 3.05) is 6.54 Å². The van der Waals surface area contributed by atoms with Crippen molar-refractivity contribution >= 4 is 5.91 Å². The molecule has 1 aromatic carbocycles. The lowest BCUT2D eigenvalue weighted by Gasteiger charge is -2.44. The maximum Gasteiger partial charge on any atom is 0.227 e. The molecule has 0 heterocycles. The molecule has 1 saturated carbocycles. The van der Waals surface area contributed by atoms with Gasteiger partial charge in [0.05, 0.1) is 11.5 Å². The second-order valence-corrected chi connectivity index (χ2v) is 6.10. The van der Waals surface area contributed by atoms with Crippen molar-refractivity contribution in [3.8, 4) is 0 Å². The van der Waals surface area contributed by atoms with Crippen LogP contribution in [0.3, 0.4) is 0 Å². The van der Waals surface area contributed by atoms with E-state index in [4.69, 9.17) is 5.73 Å². The number of amides is 1. The van der Waals surface area contributed by atoms with E-state index in [2.05, 4.69) is 43.4 Å². The van der Waals surface area contributed by atoms with Crippen LogP contribution < -0.4 is 11.1 Å². The Morgan fingerprint density at radius 3 is 2.47 bits per heavy atom. The van der Waals surface area contributed by atoms with E-state index in [-0.39, 0.29) is 17.4 Å². The van der Waals surface area contributed by atoms with Crippen molar-refractivity contribution in [3.05, 3.63) is 35.4 Å². The van der Waals surface area contributed by atoms with Gasteiger partial charge >= 0.3 is 0 Å². The van der Waals surface area contributed by atoms with Gasteiger partial charge in [0, 0.05) is 6.54 Å². The fraction of sp³-hybridized carbons (Fsp3) is 0.562. The van der Waals surface area contributed by atoms with Crippen LogP contribution in [0.5, 0.6) is 0 Å². The lowest BCUT2D eigenvalue weighted by molar-refractivity contribution is -0.138. The number of hydrogen-bond acceptors (Lipinski definition) is 2. The first-order chi connectivity index (χ1) is 8.97. The SMILES string of the molecule is Cc1ccc(C(C)NC(=O)C2(CN)CC(C)C2)cc1. The van der Waals surface area contributed by atoms with Crippen LogP contribution in [0, 0.1) is 18.3 Å². The molecule has 1 aliphatic carbocycles. The summed E-state index contributed by atoms with van der Waals surface area (Å²) >= 11 is 0. The molecular weight excluding hydrogens is 236 g/mol. The third kappa shape index (κ3) is 2.81. The molecule has 3 N–H and O–H groups in total. The largest absolute Gasteiger partial charge is 0.349 e. The van der Waals surface area contributed by atoms with Gasteiger partial charge in [0.15, 0.2) is 0 Å². The Labute approximate surface area is 115 Å². The first-order valence-electron chi connectivity index (χ1n) is 7.04. The third-order valence-corrected chi connectivity index (χ3v) is 4.28. The van der Waals surface area contributed by atoms with E-state index in [1.54, 1.807) is 0 Å². The molecule has 1 amide bonds. The molecule has 0 spiro atoms. The van der Waals surface area contributed by atoms with Crippen molar-refractivity contribution in [2.45, 2.75) is 39.7 Å². The van der Waals surface area contributed by atoms with Crippen molar-refractivity contribution in [1.82, 2.24) is 5.32 Å². The number of rotatable bonds is 4. The van der Waals surface area contributed by atoms with E-state index in [0.29, 0.717) is 12.5 Å². The summed E-state index contributed by atoms with van der Waals surface area (Å²) in [6.07, 6.45) is 1.83. The molecule has 1 atom stereocenters.